The third-order valence-corrected chi connectivity index (χ3v) is 3.74. The van der Waals surface area contributed by atoms with Crippen LogP contribution in [0.25, 0.3) is 0 Å². The van der Waals surface area contributed by atoms with Crippen LogP contribution in [0, 0.1) is 12.8 Å². The molecule has 1 aliphatic carbocycles. The molecule has 0 saturated heterocycles. The van der Waals surface area contributed by atoms with Gasteiger partial charge in [-0.3, -0.25) is 0 Å². The van der Waals surface area contributed by atoms with Gasteiger partial charge < -0.3 is 10.6 Å². The highest BCUT2D eigenvalue weighted by Crippen LogP contribution is 2.33. The van der Waals surface area contributed by atoms with Crippen molar-refractivity contribution in [3.63, 3.8) is 0 Å². The highest BCUT2D eigenvalue weighted by atomic mass is 15.1. The molecule has 94 valence electrons. The molecule has 2 rings (SSSR count). The molecule has 0 bridgehead atoms. The lowest BCUT2D eigenvalue weighted by atomic mass is 10.1. The Morgan fingerprint density at radius 2 is 1.94 bits per heavy atom. The molecule has 2 N–H and O–H groups in total. The van der Waals surface area contributed by atoms with Gasteiger partial charge in [0.25, 0.3) is 0 Å². The van der Waals surface area contributed by atoms with Crippen molar-refractivity contribution in [1.82, 2.24) is 0 Å². The minimum atomic E-state index is 0.412. The van der Waals surface area contributed by atoms with E-state index in [2.05, 4.69) is 43.0 Å². The minimum absolute atomic E-state index is 0.412. The second-order valence-corrected chi connectivity index (χ2v) is 5.21. The van der Waals surface area contributed by atoms with E-state index in [1.54, 1.807) is 0 Å². The lowest BCUT2D eigenvalue weighted by molar-refractivity contribution is 0.545. The van der Waals surface area contributed by atoms with Crippen LogP contribution in [0.5, 0.6) is 0 Å². The Hall–Kier alpha value is -1.02. The Bertz CT molecular complexity index is 340. The van der Waals surface area contributed by atoms with E-state index in [-0.39, 0.29) is 0 Å². The summed E-state index contributed by atoms with van der Waals surface area (Å²) in [5.41, 5.74) is 8.80. The van der Waals surface area contributed by atoms with Crippen LogP contribution in [0.2, 0.25) is 0 Å². The Labute approximate surface area is 105 Å². The van der Waals surface area contributed by atoms with Crippen LogP contribution in [-0.2, 0) is 0 Å². The average molecular weight is 232 g/mol. The lowest BCUT2D eigenvalue weighted by Gasteiger charge is -2.25. The summed E-state index contributed by atoms with van der Waals surface area (Å²) in [6.07, 6.45) is 3.81. The normalized spacial score (nSPS) is 16.9. The number of anilines is 1. The summed E-state index contributed by atoms with van der Waals surface area (Å²) in [6, 6.07) is 9.19. The molecule has 1 unspecified atom stereocenters. The predicted molar refractivity (Wildman–Crippen MR) is 74.4 cm³/mol. The summed E-state index contributed by atoms with van der Waals surface area (Å²) in [5.74, 6) is 0.812. The summed E-state index contributed by atoms with van der Waals surface area (Å²) in [7, 11) is 0. The summed E-state index contributed by atoms with van der Waals surface area (Å²) in [5, 5.41) is 0. The minimum Gasteiger partial charge on any atom is -0.372 e. The van der Waals surface area contributed by atoms with Gasteiger partial charge in [0.2, 0.25) is 0 Å². The average Bonchev–Trinajstić information content (AvgIpc) is 3.16. The molecule has 17 heavy (non-hydrogen) atoms. The molecule has 2 nitrogen and oxygen atoms in total. The van der Waals surface area contributed by atoms with Crippen molar-refractivity contribution < 1.29 is 0 Å². The first-order valence-electron chi connectivity index (χ1n) is 6.78. The number of rotatable bonds is 6. The molecular weight excluding hydrogens is 208 g/mol. The predicted octanol–water partition coefficient (Wildman–Crippen LogP) is 2.95. The van der Waals surface area contributed by atoms with Gasteiger partial charge in [-0.15, -0.1) is 0 Å². The molecule has 0 spiro atoms. The maximum Gasteiger partial charge on any atom is 0.0366 e. The van der Waals surface area contributed by atoms with Gasteiger partial charge in [-0.25, -0.2) is 0 Å². The fraction of sp³-hybridized carbons (Fsp3) is 0.600. The maximum atomic E-state index is 6.16. The van der Waals surface area contributed by atoms with E-state index in [0.717, 1.165) is 25.4 Å². The summed E-state index contributed by atoms with van der Waals surface area (Å²) in [6.45, 7) is 6.48. The van der Waals surface area contributed by atoms with Crippen LogP contribution >= 0.6 is 0 Å². The van der Waals surface area contributed by atoms with Crippen molar-refractivity contribution in [1.29, 1.82) is 0 Å². The number of hydrogen-bond donors (Lipinski definition) is 1. The Kier molecular flexibility index (Phi) is 4.06. The molecular formula is C15H24N2. The Balaban J connectivity index is 1.88. The van der Waals surface area contributed by atoms with Crippen LogP contribution < -0.4 is 10.6 Å². The lowest BCUT2D eigenvalue weighted by Crippen LogP contribution is -2.31. The highest BCUT2D eigenvalue weighted by Gasteiger charge is 2.28. The number of aryl methyl sites for hydroxylation is 1. The number of hydrogen-bond acceptors (Lipinski definition) is 2. The molecule has 0 heterocycles. The van der Waals surface area contributed by atoms with E-state index >= 15 is 0 Å². The molecule has 0 radical (unpaired) electrons. The number of nitrogens with zero attached hydrogens (tertiary/aromatic N) is 1. The van der Waals surface area contributed by atoms with Crippen molar-refractivity contribution in [2.75, 3.05) is 18.0 Å². The number of nitrogens with two attached hydrogens (primary N) is 1. The number of benzene rings is 1. The zero-order valence-corrected chi connectivity index (χ0v) is 11.0. The van der Waals surface area contributed by atoms with Crippen LogP contribution in [0.3, 0.4) is 0 Å². The van der Waals surface area contributed by atoms with Crippen molar-refractivity contribution >= 4 is 5.69 Å². The van der Waals surface area contributed by atoms with Gasteiger partial charge in [0.15, 0.2) is 0 Å². The second kappa shape index (κ2) is 5.54. The molecule has 1 aromatic carbocycles. The van der Waals surface area contributed by atoms with E-state index < -0.39 is 0 Å². The van der Waals surface area contributed by atoms with Crippen LogP contribution in [0.4, 0.5) is 5.69 Å². The topological polar surface area (TPSA) is 29.3 Å². The van der Waals surface area contributed by atoms with Crippen LogP contribution in [-0.4, -0.2) is 19.1 Å². The van der Waals surface area contributed by atoms with Crippen molar-refractivity contribution in [2.45, 2.75) is 39.2 Å². The summed E-state index contributed by atoms with van der Waals surface area (Å²) in [4.78, 5) is 2.42. The van der Waals surface area contributed by atoms with Gasteiger partial charge in [0.05, 0.1) is 0 Å². The molecule has 1 aromatic rings. The maximum absolute atomic E-state index is 6.16. The van der Waals surface area contributed by atoms with E-state index in [1.807, 2.05) is 0 Å². The summed E-state index contributed by atoms with van der Waals surface area (Å²) >= 11 is 0. The quantitative estimate of drug-likeness (QED) is 0.817. The van der Waals surface area contributed by atoms with Gasteiger partial charge in [0, 0.05) is 24.8 Å². The molecule has 1 fully saturated rings. The zero-order chi connectivity index (χ0) is 12.3. The van der Waals surface area contributed by atoms with E-state index in [9.17, 15) is 0 Å². The largest absolute Gasteiger partial charge is 0.372 e. The first-order chi connectivity index (χ1) is 8.20. The first-order valence-corrected chi connectivity index (χ1v) is 6.78. The molecule has 0 aromatic heterocycles. The first kappa shape index (κ1) is 12.4. The van der Waals surface area contributed by atoms with Crippen molar-refractivity contribution in [3.8, 4) is 0 Å². The second-order valence-electron chi connectivity index (χ2n) is 5.21. The van der Waals surface area contributed by atoms with E-state index in [4.69, 9.17) is 5.73 Å². The van der Waals surface area contributed by atoms with E-state index in [0.29, 0.717) is 6.04 Å². The fourth-order valence-corrected chi connectivity index (χ4v) is 2.29. The Morgan fingerprint density at radius 1 is 1.29 bits per heavy atom. The smallest absolute Gasteiger partial charge is 0.0366 e. The fourth-order valence-electron chi connectivity index (χ4n) is 2.29. The standard InChI is InChI=1S/C15H24N2/c1-3-17(11-10-15(16)13-6-7-13)14-8-4-12(2)5-9-14/h4-5,8-9,13,15H,3,6-7,10-11,16H2,1-2H3. The van der Waals surface area contributed by atoms with Gasteiger partial charge >= 0.3 is 0 Å². The third kappa shape index (κ3) is 3.47. The zero-order valence-electron chi connectivity index (χ0n) is 11.0. The Morgan fingerprint density at radius 3 is 2.47 bits per heavy atom. The van der Waals surface area contributed by atoms with Gasteiger partial charge in [0.1, 0.15) is 0 Å². The molecule has 1 aliphatic rings. The summed E-state index contributed by atoms with van der Waals surface area (Å²) < 4.78 is 0. The van der Waals surface area contributed by atoms with Crippen molar-refractivity contribution in [3.05, 3.63) is 29.8 Å². The van der Waals surface area contributed by atoms with Gasteiger partial charge in [-0.05, 0) is 51.2 Å². The molecule has 0 amide bonds. The van der Waals surface area contributed by atoms with Crippen molar-refractivity contribution in [2.24, 2.45) is 11.7 Å². The van der Waals surface area contributed by atoms with Gasteiger partial charge in [-0.1, -0.05) is 17.7 Å². The highest BCUT2D eigenvalue weighted by molar-refractivity contribution is 5.47. The van der Waals surface area contributed by atoms with E-state index in [1.165, 1.54) is 24.1 Å². The van der Waals surface area contributed by atoms with Crippen LogP contribution in [0.1, 0.15) is 31.7 Å². The third-order valence-electron chi connectivity index (χ3n) is 3.74. The monoisotopic (exact) mass is 232 g/mol. The molecule has 2 heteroatoms. The molecule has 1 atom stereocenters. The van der Waals surface area contributed by atoms with Crippen LogP contribution in [0.15, 0.2) is 24.3 Å². The molecule has 1 saturated carbocycles. The molecule has 0 aliphatic heterocycles. The van der Waals surface area contributed by atoms with Gasteiger partial charge in [-0.2, -0.15) is 0 Å². The SMILES string of the molecule is CCN(CCC(N)C1CC1)c1ccc(C)cc1.